The molecule has 1 saturated carbocycles. The molecule has 4 fully saturated rings. The van der Waals surface area contributed by atoms with E-state index < -0.39 is 12.1 Å². The summed E-state index contributed by atoms with van der Waals surface area (Å²) in [6.07, 6.45) is 3.05. The summed E-state index contributed by atoms with van der Waals surface area (Å²) in [5.41, 5.74) is 1.09. The number of carbonyl (C=O) groups excluding carboxylic acids is 1. The number of anilines is 4. The van der Waals surface area contributed by atoms with Crippen LogP contribution in [0, 0.1) is 0 Å². The third-order valence-electron chi connectivity index (χ3n) is 7.95. The van der Waals surface area contributed by atoms with Crippen LogP contribution in [0.15, 0.2) is 6.07 Å². The van der Waals surface area contributed by atoms with Crippen LogP contribution in [-0.4, -0.2) is 118 Å². The number of amides is 2. The molecule has 3 saturated heterocycles. The van der Waals surface area contributed by atoms with Gasteiger partial charge in [0.2, 0.25) is 23.8 Å². The summed E-state index contributed by atoms with van der Waals surface area (Å²) in [5.74, 6) is 2.16. The van der Waals surface area contributed by atoms with Gasteiger partial charge in [0.15, 0.2) is 5.82 Å². The van der Waals surface area contributed by atoms with Crippen LogP contribution in [-0.2, 0) is 14.3 Å². The molecule has 2 aromatic rings. The minimum absolute atomic E-state index is 0.190. The molecule has 0 spiro atoms. The molecule has 1 aliphatic carbocycles. The van der Waals surface area contributed by atoms with Crippen molar-refractivity contribution < 1.29 is 24.2 Å². The van der Waals surface area contributed by atoms with Gasteiger partial charge in [0.05, 0.1) is 19.3 Å². The van der Waals surface area contributed by atoms with Crippen LogP contribution in [0.5, 0.6) is 0 Å². The Morgan fingerprint density at radius 2 is 1.90 bits per heavy atom. The van der Waals surface area contributed by atoms with E-state index in [1.165, 1.54) is 4.90 Å². The second-order valence-electron chi connectivity index (χ2n) is 10.8. The van der Waals surface area contributed by atoms with Crippen molar-refractivity contribution in [3.05, 3.63) is 11.8 Å². The van der Waals surface area contributed by atoms with Crippen LogP contribution >= 0.6 is 0 Å². The van der Waals surface area contributed by atoms with Gasteiger partial charge in [-0.05, 0) is 25.7 Å². The number of piperidine rings is 1. The number of morpholine rings is 1. The summed E-state index contributed by atoms with van der Waals surface area (Å²) in [5, 5.41) is 23.2. The lowest BCUT2D eigenvalue weighted by atomic mass is 10.1. The number of carboxylic acid groups (broad SMARTS) is 1. The largest absolute Gasteiger partial charge is 0.465 e. The number of hydrogen-bond acceptors (Lipinski definition) is 11. The third kappa shape index (κ3) is 5.89. The van der Waals surface area contributed by atoms with Gasteiger partial charge in [0.1, 0.15) is 6.04 Å². The van der Waals surface area contributed by atoms with Crippen molar-refractivity contribution in [3.8, 4) is 0 Å². The maximum atomic E-state index is 13.6. The minimum atomic E-state index is -0.970. The number of nitrogens with one attached hydrogen (secondary N) is 3. The normalized spacial score (nSPS) is 25.2. The van der Waals surface area contributed by atoms with Gasteiger partial charge >= 0.3 is 6.09 Å². The fourth-order valence-electron chi connectivity index (χ4n) is 5.57. The molecule has 3 aliphatic heterocycles. The highest BCUT2D eigenvalue weighted by atomic mass is 16.5. The number of rotatable bonds is 8. The molecule has 2 amide bonds. The molecule has 216 valence electrons. The van der Waals surface area contributed by atoms with E-state index in [1.807, 2.05) is 15.9 Å². The maximum absolute atomic E-state index is 13.6. The fourth-order valence-corrected chi connectivity index (χ4v) is 5.57. The van der Waals surface area contributed by atoms with E-state index in [-0.39, 0.29) is 24.6 Å². The molecule has 15 nitrogen and oxygen atoms in total. The number of nitrogens with zero attached hydrogens (tertiary/aromatic N) is 7. The third-order valence-corrected chi connectivity index (χ3v) is 7.95. The fraction of sp³-hybridized carbons (Fsp3) is 0.680. The number of aromatic amines is 1. The SMILES string of the molecule is CO[C@H]1C[C@@H](C(=O)NC2CCCN(C(=O)O)C2)N(c2nc(Nc3cc(C4CC4)[nH]n3)nc(N3CCOCC3)n2)C1. The molecule has 4 aliphatic rings. The first-order valence-corrected chi connectivity index (χ1v) is 14.0. The number of aromatic nitrogens is 5. The van der Waals surface area contributed by atoms with Crippen molar-refractivity contribution >= 4 is 35.7 Å². The molecule has 3 atom stereocenters. The highest BCUT2D eigenvalue weighted by Crippen LogP contribution is 2.39. The number of likely N-dealkylation sites (tertiary alicyclic amines) is 1. The highest BCUT2D eigenvalue weighted by molar-refractivity contribution is 5.86. The lowest BCUT2D eigenvalue weighted by molar-refractivity contribution is -0.123. The molecule has 1 unspecified atom stereocenters. The first-order valence-electron chi connectivity index (χ1n) is 14.0. The Labute approximate surface area is 231 Å². The number of H-pyrrole nitrogens is 1. The Morgan fingerprint density at radius 3 is 2.65 bits per heavy atom. The lowest BCUT2D eigenvalue weighted by Gasteiger charge is -2.33. The van der Waals surface area contributed by atoms with Crippen molar-refractivity contribution in [2.45, 2.75) is 56.2 Å². The standard InChI is InChI=1S/C25H36N10O5/c1-39-17-11-19(21(36)26-16-3-2-6-34(13-16)25(37)38)35(14-17)24-29-22(27-20-12-18(31-32-20)15-4-5-15)28-23(30-24)33-7-9-40-10-8-33/h12,15-17,19H,2-11,13-14H2,1H3,(H,26,36)(H,37,38)(H2,27,28,29,30,31,32)/t16?,17-,19-/m0/s1. The highest BCUT2D eigenvalue weighted by Gasteiger charge is 2.40. The predicted octanol–water partition coefficient (Wildman–Crippen LogP) is 0.905. The zero-order valence-electron chi connectivity index (χ0n) is 22.6. The summed E-state index contributed by atoms with van der Waals surface area (Å²) >= 11 is 0. The van der Waals surface area contributed by atoms with Gasteiger partial charge in [0, 0.05) is 70.0 Å². The average molecular weight is 557 g/mol. The van der Waals surface area contributed by atoms with Gasteiger partial charge in [-0.25, -0.2) is 4.79 Å². The predicted molar refractivity (Wildman–Crippen MR) is 144 cm³/mol. The molecule has 4 N–H and O–H groups in total. The van der Waals surface area contributed by atoms with E-state index in [2.05, 4.69) is 25.8 Å². The second-order valence-corrected chi connectivity index (χ2v) is 10.8. The van der Waals surface area contributed by atoms with Crippen molar-refractivity contribution in [2.24, 2.45) is 0 Å². The molecule has 5 heterocycles. The first-order chi connectivity index (χ1) is 19.5. The Kier molecular flexibility index (Phi) is 7.56. The minimum Gasteiger partial charge on any atom is -0.465 e. The maximum Gasteiger partial charge on any atom is 0.407 e. The zero-order valence-corrected chi connectivity index (χ0v) is 22.6. The lowest BCUT2D eigenvalue weighted by Crippen LogP contribution is -2.53. The summed E-state index contributed by atoms with van der Waals surface area (Å²) in [6, 6.07) is 1.15. The van der Waals surface area contributed by atoms with E-state index >= 15 is 0 Å². The van der Waals surface area contributed by atoms with Crippen LogP contribution in [0.3, 0.4) is 0 Å². The van der Waals surface area contributed by atoms with Crippen LogP contribution in [0.25, 0.3) is 0 Å². The van der Waals surface area contributed by atoms with Crippen LogP contribution in [0.4, 0.5) is 28.5 Å². The second kappa shape index (κ2) is 11.4. The van der Waals surface area contributed by atoms with Crippen molar-refractivity contribution in [2.75, 3.05) is 68.2 Å². The molecule has 2 aromatic heterocycles. The molecule has 40 heavy (non-hydrogen) atoms. The Balaban J connectivity index is 1.25. The van der Waals surface area contributed by atoms with Gasteiger partial charge in [-0.3, -0.25) is 9.89 Å². The molecule has 15 heteroatoms. The van der Waals surface area contributed by atoms with Gasteiger partial charge < -0.3 is 39.9 Å². The van der Waals surface area contributed by atoms with Gasteiger partial charge in [-0.2, -0.15) is 20.1 Å². The van der Waals surface area contributed by atoms with Crippen LogP contribution < -0.4 is 20.4 Å². The van der Waals surface area contributed by atoms with E-state index in [9.17, 15) is 14.7 Å². The first kappa shape index (κ1) is 26.5. The molecular weight excluding hydrogens is 520 g/mol. The van der Waals surface area contributed by atoms with Crippen LogP contribution in [0.1, 0.15) is 43.7 Å². The summed E-state index contributed by atoms with van der Waals surface area (Å²) in [7, 11) is 1.63. The smallest absolute Gasteiger partial charge is 0.407 e. The monoisotopic (exact) mass is 556 g/mol. The Hall–Kier alpha value is -3.72. The van der Waals surface area contributed by atoms with Gasteiger partial charge in [0.25, 0.3) is 0 Å². The quantitative estimate of drug-likeness (QED) is 0.362. The van der Waals surface area contributed by atoms with Gasteiger partial charge in [-0.15, -0.1) is 0 Å². The molecule has 6 rings (SSSR count). The number of carbonyl (C=O) groups is 2. The van der Waals surface area contributed by atoms with Crippen molar-refractivity contribution in [1.82, 2.24) is 35.4 Å². The molecule has 0 bridgehead atoms. The van der Waals surface area contributed by atoms with E-state index in [1.54, 1.807) is 7.11 Å². The molecule has 0 radical (unpaired) electrons. The Morgan fingerprint density at radius 1 is 1.10 bits per heavy atom. The number of methoxy groups -OCH3 is 1. The van der Waals surface area contributed by atoms with Gasteiger partial charge in [-0.1, -0.05) is 0 Å². The number of ether oxygens (including phenoxy) is 2. The van der Waals surface area contributed by atoms with E-state index in [0.717, 1.165) is 25.0 Å². The average Bonchev–Trinajstić information content (AvgIpc) is 3.55. The van der Waals surface area contributed by atoms with Crippen molar-refractivity contribution in [1.29, 1.82) is 0 Å². The topological polar surface area (TPSA) is 174 Å². The Bertz CT molecular complexity index is 1220. The summed E-state index contributed by atoms with van der Waals surface area (Å²) < 4.78 is 11.2. The molecular formula is C25H36N10O5. The summed E-state index contributed by atoms with van der Waals surface area (Å²) in [4.78, 5) is 44.5. The van der Waals surface area contributed by atoms with Crippen molar-refractivity contribution in [3.63, 3.8) is 0 Å². The summed E-state index contributed by atoms with van der Waals surface area (Å²) in [6.45, 7) is 3.61. The number of hydrogen-bond donors (Lipinski definition) is 4. The van der Waals surface area contributed by atoms with Crippen LogP contribution in [0.2, 0.25) is 0 Å². The van der Waals surface area contributed by atoms with E-state index in [4.69, 9.17) is 19.4 Å². The molecule has 0 aromatic carbocycles. The zero-order chi connectivity index (χ0) is 27.6. The van der Waals surface area contributed by atoms with E-state index in [0.29, 0.717) is 81.8 Å².